The van der Waals surface area contributed by atoms with Crippen molar-refractivity contribution < 1.29 is 4.74 Å². The van der Waals surface area contributed by atoms with E-state index in [0.29, 0.717) is 0 Å². The van der Waals surface area contributed by atoms with Gasteiger partial charge in [-0.3, -0.25) is 0 Å². The molecule has 88 valence electrons. The zero-order valence-corrected chi connectivity index (χ0v) is 10.0. The second kappa shape index (κ2) is 4.34. The van der Waals surface area contributed by atoms with Gasteiger partial charge in [-0.1, -0.05) is 6.07 Å². The SMILES string of the molecule is COC1(CNc2ccc(C)cc2N)CCC1. The summed E-state index contributed by atoms with van der Waals surface area (Å²) in [7, 11) is 1.79. The summed E-state index contributed by atoms with van der Waals surface area (Å²) in [6.45, 7) is 2.89. The van der Waals surface area contributed by atoms with E-state index in [1.54, 1.807) is 7.11 Å². The summed E-state index contributed by atoms with van der Waals surface area (Å²) in [5.41, 5.74) is 8.99. The monoisotopic (exact) mass is 220 g/mol. The molecule has 16 heavy (non-hydrogen) atoms. The first kappa shape index (κ1) is 11.3. The molecule has 2 rings (SSSR count). The summed E-state index contributed by atoms with van der Waals surface area (Å²) in [4.78, 5) is 0. The fourth-order valence-electron chi connectivity index (χ4n) is 2.12. The van der Waals surface area contributed by atoms with Gasteiger partial charge in [-0.05, 0) is 43.9 Å². The van der Waals surface area contributed by atoms with Gasteiger partial charge < -0.3 is 15.8 Å². The highest BCUT2D eigenvalue weighted by Crippen LogP contribution is 2.35. The molecule has 0 saturated heterocycles. The van der Waals surface area contributed by atoms with Gasteiger partial charge in [-0.15, -0.1) is 0 Å². The minimum absolute atomic E-state index is 0.0390. The van der Waals surface area contributed by atoms with Gasteiger partial charge in [0.2, 0.25) is 0 Å². The van der Waals surface area contributed by atoms with Crippen LogP contribution in [0.15, 0.2) is 18.2 Å². The third kappa shape index (κ3) is 2.14. The van der Waals surface area contributed by atoms with Crippen LogP contribution in [0.5, 0.6) is 0 Å². The fraction of sp³-hybridized carbons (Fsp3) is 0.538. The van der Waals surface area contributed by atoms with Crippen LogP contribution in [0.4, 0.5) is 11.4 Å². The van der Waals surface area contributed by atoms with Crippen molar-refractivity contribution in [2.24, 2.45) is 0 Å². The van der Waals surface area contributed by atoms with Crippen LogP contribution in [0, 0.1) is 6.92 Å². The first-order chi connectivity index (χ1) is 7.65. The van der Waals surface area contributed by atoms with Gasteiger partial charge in [0.1, 0.15) is 0 Å². The molecule has 1 aromatic carbocycles. The van der Waals surface area contributed by atoms with Gasteiger partial charge in [0, 0.05) is 13.7 Å². The number of nitrogens with one attached hydrogen (secondary N) is 1. The molecule has 3 nitrogen and oxygen atoms in total. The van der Waals surface area contributed by atoms with E-state index in [9.17, 15) is 0 Å². The van der Waals surface area contributed by atoms with Crippen LogP contribution in [-0.4, -0.2) is 19.3 Å². The van der Waals surface area contributed by atoms with Crippen LogP contribution in [0.25, 0.3) is 0 Å². The fourth-order valence-corrected chi connectivity index (χ4v) is 2.12. The van der Waals surface area contributed by atoms with Gasteiger partial charge in [0.25, 0.3) is 0 Å². The lowest BCUT2D eigenvalue weighted by molar-refractivity contribution is -0.0601. The summed E-state index contributed by atoms with van der Waals surface area (Å²) in [6, 6.07) is 6.09. The Morgan fingerprint density at radius 3 is 2.69 bits per heavy atom. The number of nitrogens with two attached hydrogens (primary N) is 1. The summed E-state index contributed by atoms with van der Waals surface area (Å²) in [5, 5.41) is 3.38. The molecule has 0 aromatic heterocycles. The molecule has 1 fully saturated rings. The zero-order chi connectivity index (χ0) is 11.6. The smallest absolute Gasteiger partial charge is 0.0850 e. The van der Waals surface area contributed by atoms with E-state index in [4.69, 9.17) is 10.5 Å². The molecule has 0 unspecified atom stereocenters. The molecule has 0 amide bonds. The molecule has 3 N–H and O–H groups in total. The van der Waals surface area contributed by atoms with Crippen molar-refractivity contribution in [2.45, 2.75) is 31.8 Å². The number of ether oxygens (including phenoxy) is 1. The quantitative estimate of drug-likeness (QED) is 0.767. The zero-order valence-electron chi connectivity index (χ0n) is 10.0. The molecule has 0 heterocycles. The minimum atomic E-state index is 0.0390. The lowest BCUT2D eigenvalue weighted by Crippen LogP contribution is -2.45. The molecule has 0 aliphatic heterocycles. The molecule has 0 radical (unpaired) electrons. The van der Waals surface area contributed by atoms with Crippen LogP contribution >= 0.6 is 0 Å². The van der Waals surface area contributed by atoms with E-state index >= 15 is 0 Å². The van der Waals surface area contributed by atoms with Gasteiger partial charge in [0.15, 0.2) is 0 Å². The average molecular weight is 220 g/mol. The highest BCUT2D eigenvalue weighted by Gasteiger charge is 2.36. The predicted octanol–water partition coefficient (Wildman–Crippen LogP) is 2.56. The lowest BCUT2D eigenvalue weighted by atomic mass is 9.80. The van der Waals surface area contributed by atoms with Crippen LogP contribution in [0.1, 0.15) is 24.8 Å². The van der Waals surface area contributed by atoms with E-state index in [1.165, 1.54) is 12.0 Å². The lowest BCUT2D eigenvalue weighted by Gasteiger charge is -2.40. The minimum Gasteiger partial charge on any atom is -0.397 e. The maximum atomic E-state index is 5.95. The molecular weight excluding hydrogens is 200 g/mol. The standard InChI is InChI=1S/C13H20N2O/c1-10-4-5-12(11(14)8-10)15-9-13(16-2)6-3-7-13/h4-5,8,15H,3,6-7,9,14H2,1-2H3. The Kier molecular flexibility index (Phi) is 3.06. The largest absolute Gasteiger partial charge is 0.397 e. The van der Waals surface area contributed by atoms with Crippen LogP contribution < -0.4 is 11.1 Å². The number of rotatable bonds is 4. The number of methoxy groups -OCH3 is 1. The molecule has 1 saturated carbocycles. The van der Waals surface area contributed by atoms with Crippen molar-refractivity contribution in [1.29, 1.82) is 0 Å². The number of hydrogen-bond donors (Lipinski definition) is 2. The summed E-state index contributed by atoms with van der Waals surface area (Å²) >= 11 is 0. The van der Waals surface area contributed by atoms with Crippen molar-refractivity contribution >= 4 is 11.4 Å². The molecule has 0 atom stereocenters. The Balaban J connectivity index is 1.99. The summed E-state index contributed by atoms with van der Waals surface area (Å²) in [5.74, 6) is 0. The number of aryl methyl sites for hydroxylation is 1. The first-order valence-corrected chi connectivity index (χ1v) is 5.80. The van der Waals surface area contributed by atoms with Crippen LogP contribution in [-0.2, 0) is 4.74 Å². The van der Waals surface area contributed by atoms with Crippen molar-refractivity contribution in [3.63, 3.8) is 0 Å². The topological polar surface area (TPSA) is 47.3 Å². The number of anilines is 2. The van der Waals surface area contributed by atoms with Crippen molar-refractivity contribution in [2.75, 3.05) is 24.7 Å². The predicted molar refractivity (Wildman–Crippen MR) is 67.7 cm³/mol. The van der Waals surface area contributed by atoms with Crippen molar-refractivity contribution in [1.82, 2.24) is 0 Å². The second-order valence-corrected chi connectivity index (χ2v) is 4.68. The number of hydrogen-bond acceptors (Lipinski definition) is 3. The molecule has 0 bridgehead atoms. The molecule has 3 heteroatoms. The van der Waals surface area contributed by atoms with Crippen LogP contribution in [0.3, 0.4) is 0 Å². The van der Waals surface area contributed by atoms with E-state index in [1.807, 2.05) is 19.1 Å². The molecule has 1 aliphatic carbocycles. The highest BCUT2D eigenvalue weighted by atomic mass is 16.5. The first-order valence-electron chi connectivity index (χ1n) is 5.80. The maximum Gasteiger partial charge on any atom is 0.0850 e. The third-order valence-corrected chi connectivity index (χ3v) is 3.51. The Bertz CT molecular complexity index is 367. The Morgan fingerprint density at radius 1 is 1.44 bits per heavy atom. The number of benzene rings is 1. The van der Waals surface area contributed by atoms with Gasteiger partial charge in [-0.2, -0.15) is 0 Å². The van der Waals surface area contributed by atoms with Gasteiger partial charge in [-0.25, -0.2) is 0 Å². The molecule has 1 aliphatic rings. The molecular formula is C13H20N2O. The van der Waals surface area contributed by atoms with Crippen molar-refractivity contribution in [3.05, 3.63) is 23.8 Å². The Hall–Kier alpha value is -1.22. The van der Waals surface area contributed by atoms with Gasteiger partial charge in [0.05, 0.1) is 17.0 Å². The maximum absolute atomic E-state index is 5.95. The highest BCUT2D eigenvalue weighted by molar-refractivity contribution is 5.67. The molecule has 1 aromatic rings. The normalized spacial score (nSPS) is 17.9. The Labute approximate surface area is 97.0 Å². The van der Waals surface area contributed by atoms with Gasteiger partial charge >= 0.3 is 0 Å². The number of nitrogen functional groups attached to an aromatic ring is 1. The van der Waals surface area contributed by atoms with E-state index in [-0.39, 0.29) is 5.60 Å². The van der Waals surface area contributed by atoms with Crippen molar-refractivity contribution in [3.8, 4) is 0 Å². The average Bonchev–Trinajstić information content (AvgIpc) is 2.19. The van der Waals surface area contributed by atoms with E-state index in [0.717, 1.165) is 30.8 Å². The van der Waals surface area contributed by atoms with E-state index < -0.39 is 0 Å². The second-order valence-electron chi connectivity index (χ2n) is 4.68. The third-order valence-electron chi connectivity index (χ3n) is 3.51. The summed E-state index contributed by atoms with van der Waals surface area (Å²) < 4.78 is 5.56. The molecule has 0 spiro atoms. The summed E-state index contributed by atoms with van der Waals surface area (Å²) in [6.07, 6.45) is 3.55. The Morgan fingerprint density at radius 2 is 2.19 bits per heavy atom. The van der Waals surface area contributed by atoms with Crippen LogP contribution in [0.2, 0.25) is 0 Å². The van der Waals surface area contributed by atoms with E-state index in [2.05, 4.69) is 11.4 Å².